The van der Waals surface area contributed by atoms with Crippen molar-refractivity contribution in [1.29, 1.82) is 0 Å². The number of benzene rings is 2. The first kappa shape index (κ1) is 27.4. The number of morpholine rings is 1. The fourth-order valence-electron chi connectivity index (χ4n) is 6.04. The van der Waals surface area contributed by atoms with Crippen molar-refractivity contribution in [2.75, 3.05) is 37.7 Å². The second-order valence-electron chi connectivity index (χ2n) is 10.7. The highest BCUT2D eigenvalue weighted by molar-refractivity contribution is 5.95. The van der Waals surface area contributed by atoms with Crippen LogP contribution in [0.3, 0.4) is 0 Å². The van der Waals surface area contributed by atoms with Crippen LogP contribution in [0.5, 0.6) is 0 Å². The van der Waals surface area contributed by atoms with Gasteiger partial charge in [0.2, 0.25) is 0 Å². The topological polar surface area (TPSA) is 94.1 Å². The van der Waals surface area contributed by atoms with Crippen LogP contribution in [0.1, 0.15) is 41.9 Å². The molecule has 5 heterocycles. The number of hydrogen-bond donors (Lipinski definition) is 1. The molecule has 2 aromatic carbocycles. The fourth-order valence-corrected chi connectivity index (χ4v) is 6.04. The van der Waals surface area contributed by atoms with Crippen LogP contribution in [0.25, 0.3) is 33.4 Å². The monoisotopic (exact) mass is 571 g/mol. The first-order valence-corrected chi connectivity index (χ1v) is 14.1. The molecule has 0 amide bonds. The quantitative estimate of drug-likeness (QED) is 0.287. The summed E-state index contributed by atoms with van der Waals surface area (Å²) in [5.74, 6) is 2.39. The summed E-state index contributed by atoms with van der Waals surface area (Å²) < 4.78 is 13.6. The zero-order valence-electron chi connectivity index (χ0n) is 23.3. The summed E-state index contributed by atoms with van der Waals surface area (Å²) in [6.07, 6.45) is 6.15. The second-order valence-corrected chi connectivity index (χ2v) is 10.7. The zero-order valence-corrected chi connectivity index (χ0v) is 24.1. The van der Waals surface area contributed by atoms with Crippen LogP contribution in [0.4, 0.5) is 5.82 Å². The van der Waals surface area contributed by atoms with Crippen molar-refractivity contribution in [2.45, 2.75) is 38.8 Å². The molecule has 2 saturated heterocycles. The molecule has 212 valence electrons. The Morgan fingerprint density at radius 2 is 1.80 bits per heavy atom. The Morgan fingerprint density at radius 1 is 0.976 bits per heavy atom. The Labute approximate surface area is 245 Å². The number of nitrogens with zero attached hydrogens (tertiary/aromatic N) is 6. The summed E-state index contributed by atoms with van der Waals surface area (Å²) in [4.78, 5) is 12.7. The molecule has 0 saturated carbocycles. The highest BCUT2D eigenvalue weighted by Gasteiger charge is 2.29. The molecular formula is C31H34ClN7O2. The average molecular weight is 572 g/mol. The average Bonchev–Trinajstić information content (AvgIpc) is 3.64. The minimum atomic E-state index is 0. The summed E-state index contributed by atoms with van der Waals surface area (Å²) >= 11 is 0. The van der Waals surface area contributed by atoms with Crippen LogP contribution in [0.15, 0.2) is 65.4 Å². The fraction of sp³-hybridized carbons (Fsp3) is 0.355. The van der Waals surface area contributed by atoms with Crippen LogP contribution >= 0.6 is 12.4 Å². The molecule has 41 heavy (non-hydrogen) atoms. The van der Waals surface area contributed by atoms with Gasteiger partial charge in [0.15, 0.2) is 5.82 Å². The molecule has 5 aromatic rings. The van der Waals surface area contributed by atoms with Crippen LogP contribution in [-0.2, 0) is 4.74 Å². The van der Waals surface area contributed by atoms with E-state index < -0.39 is 0 Å². The minimum Gasteiger partial charge on any atom is -0.377 e. The molecule has 2 aliphatic rings. The number of ether oxygens (including phenoxy) is 1. The van der Waals surface area contributed by atoms with Crippen LogP contribution in [-0.4, -0.2) is 57.8 Å². The smallest absolute Gasteiger partial charge is 0.165 e. The SMILES string of the molecule is Cc1noc(C)c1-c1ccc2nc(-c3cnn(C4CCNCC4)c3)nc(N3CCOC[C@@H]3c3ccccc3)c2c1.Cl. The Balaban J connectivity index is 0.00000302. The summed E-state index contributed by atoms with van der Waals surface area (Å²) in [6.45, 7) is 7.93. The van der Waals surface area contributed by atoms with E-state index in [1.807, 2.05) is 26.1 Å². The Bertz CT molecular complexity index is 1630. The van der Waals surface area contributed by atoms with Gasteiger partial charge in [0.1, 0.15) is 11.6 Å². The standard InChI is InChI=1S/C31H33N7O2.ClH/c1-20-29(21(2)40-36-20)23-8-9-27-26(16-23)31(37-14-15-39-19-28(37)22-6-4-3-5-7-22)35-30(34-27)24-17-33-38(18-24)25-10-12-32-13-11-25;/h3-9,16-18,25,28,32H,10-15,19H2,1-2H3;1H/t28-;/m1./s1. The van der Waals surface area contributed by atoms with Gasteiger partial charge in [-0.3, -0.25) is 4.68 Å². The van der Waals surface area contributed by atoms with Gasteiger partial charge in [-0.05, 0) is 63.0 Å². The molecule has 1 N–H and O–H groups in total. The third-order valence-corrected chi connectivity index (χ3v) is 8.13. The van der Waals surface area contributed by atoms with Crippen LogP contribution < -0.4 is 10.2 Å². The number of rotatable bonds is 5. The maximum Gasteiger partial charge on any atom is 0.165 e. The van der Waals surface area contributed by atoms with Crippen molar-refractivity contribution < 1.29 is 9.26 Å². The summed E-state index contributed by atoms with van der Waals surface area (Å²) in [5.41, 5.74) is 5.96. The predicted molar refractivity (Wildman–Crippen MR) is 161 cm³/mol. The van der Waals surface area contributed by atoms with E-state index in [0.29, 0.717) is 25.1 Å². The van der Waals surface area contributed by atoms with Gasteiger partial charge in [-0.2, -0.15) is 5.10 Å². The van der Waals surface area contributed by atoms with E-state index in [2.05, 4.69) is 68.7 Å². The number of aryl methyl sites for hydroxylation is 2. The maximum absolute atomic E-state index is 5.98. The van der Waals surface area contributed by atoms with E-state index in [-0.39, 0.29) is 18.4 Å². The van der Waals surface area contributed by atoms with Crippen molar-refractivity contribution >= 4 is 29.1 Å². The largest absolute Gasteiger partial charge is 0.377 e. The molecule has 0 radical (unpaired) electrons. The number of nitrogens with one attached hydrogen (secondary N) is 1. The van der Waals surface area contributed by atoms with E-state index in [1.54, 1.807) is 0 Å². The van der Waals surface area contributed by atoms with Gasteiger partial charge in [-0.25, -0.2) is 9.97 Å². The van der Waals surface area contributed by atoms with Gasteiger partial charge in [-0.15, -0.1) is 12.4 Å². The zero-order chi connectivity index (χ0) is 27.1. The van der Waals surface area contributed by atoms with Gasteiger partial charge < -0.3 is 19.5 Å². The molecule has 1 atom stereocenters. The summed E-state index contributed by atoms with van der Waals surface area (Å²) in [7, 11) is 0. The third-order valence-electron chi connectivity index (χ3n) is 8.13. The van der Waals surface area contributed by atoms with E-state index in [9.17, 15) is 0 Å². The highest BCUT2D eigenvalue weighted by Crippen LogP contribution is 2.37. The van der Waals surface area contributed by atoms with Crippen LogP contribution in [0.2, 0.25) is 0 Å². The molecule has 7 rings (SSSR count). The number of halogens is 1. The molecular weight excluding hydrogens is 538 g/mol. The van der Waals surface area contributed by atoms with E-state index >= 15 is 0 Å². The lowest BCUT2D eigenvalue weighted by atomic mass is 10.0. The van der Waals surface area contributed by atoms with Gasteiger partial charge in [0, 0.05) is 23.7 Å². The van der Waals surface area contributed by atoms with Crippen molar-refractivity contribution in [3.63, 3.8) is 0 Å². The van der Waals surface area contributed by atoms with Crippen molar-refractivity contribution in [1.82, 2.24) is 30.2 Å². The molecule has 10 heteroatoms. The normalized spacial score (nSPS) is 18.0. The Hall–Kier alpha value is -3.79. The first-order valence-electron chi connectivity index (χ1n) is 14.1. The highest BCUT2D eigenvalue weighted by atomic mass is 35.5. The predicted octanol–water partition coefficient (Wildman–Crippen LogP) is 5.69. The molecule has 9 nitrogen and oxygen atoms in total. The van der Waals surface area contributed by atoms with Gasteiger partial charge in [-0.1, -0.05) is 41.6 Å². The van der Waals surface area contributed by atoms with E-state index in [1.165, 1.54) is 5.56 Å². The molecule has 2 fully saturated rings. The molecule has 0 unspecified atom stereocenters. The van der Waals surface area contributed by atoms with Crippen molar-refractivity contribution in [3.8, 4) is 22.5 Å². The number of anilines is 1. The molecule has 3 aromatic heterocycles. The number of aromatic nitrogens is 5. The van der Waals surface area contributed by atoms with Gasteiger partial charge >= 0.3 is 0 Å². The molecule has 0 spiro atoms. The number of piperidine rings is 1. The number of fused-ring (bicyclic) bond motifs is 1. The Morgan fingerprint density at radius 3 is 2.59 bits per heavy atom. The van der Waals surface area contributed by atoms with Crippen LogP contribution in [0, 0.1) is 13.8 Å². The number of hydrogen-bond acceptors (Lipinski definition) is 8. The van der Waals surface area contributed by atoms with E-state index in [0.717, 1.165) is 77.3 Å². The summed E-state index contributed by atoms with van der Waals surface area (Å²) in [6, 6.07) is 17.3. The lowest BCUT2D eigenvalue weighted by molar-refractivity contribution is 0.0939. The Kier molecular flexibility index (Phi) is 7.75. The lowest BCUT2D eigenvalue weighted by Crippen LogP contribution is -2.40. The van der Waals surface area contributed by atoms with Crippen molar-refractivity contribution in [3.05, 3.63) is 77.9 Å². The second kappa shape index (κ2) is 11.6. The molecule has 0 aliphatic carbocycles. The summed E-state index contributed by atoms with van der Waals surface area (Å²) in [5, 5.41) is 13.3. The van der Waals surface area contributed by atoms with Crippen molar-refractivity contribution in [2.24, 2.45) is 0 Å². The van der Waals surface area contributed by atoms with Gasteiger partial charge in [0.25, 0.3) is 0 Å². The minimum absolute atomic E-state index is 0. The van der Waals surface area contributed by atoms with Gasteiger partial charge in [0.05, 0.1) is 48.3 Å². The first-order chi connectivity index (χ1) is 19.7. The van der Waals surface area contributed by atoms with E-state index in [4.69, 9.17) is 24.3 Å². The lowest BCUT2D eigenvalue weighted by Gasteiger charge is -2.37. The third kappa shape index (κ3) is 5.21. The molecule has 2 aliphatic heterocycles. The molecule has 0 bridgehead atoms. The maximum atomic E-state index is 5.98.